The molecule has 0 spiro atoms. The SMILES string of the molecule is CCC1CCC(Nc2cccc(I)c2)C1. The van der Waals surface area contributed by atoms with E-state index in [1.54, 1.807) is 0 Å². The molecule has 0 aliphatic heterocycles. The highest BCUT2D eigenvalue weighted by atomic mass is 127. The lowest BCUT2D eigenvalue weighted by Crippen LogP contribution is -2.15. The summed E-state index contributed by atoms with van der Waals surface area (Å²) < 4.78 is 1.31. The lowest BCUT2D eigenvalue weighted by atomic mass is 10.1. The van der Waals surface area contributed by atoms with Crippen molar-refractivity contribution in [3.63, 3.8) is 0 Å². The standard InChI is InChI=1S/C13H18IN/c1-2-10-6-7-13(8-10)15-12-5-3-4-11(14)9-12/h3-5,9-10,13,15H,2,6-8H2,1H3. The maximum atomic E-state index is 3.64. The third-order valence-electron chi connectivity index (χ3n) is 3.31. The van der Waals surface area contributed by atoms with Gasteiger partial charge in [0.25, 0.3) is 0 Å². The fourth-order valence-electron chi connectivity index (χ4n) is 2.39. The predicted molar refractivity (Wildman–Crippen MR) is 74.2 cm³/mol. The molecule has 1 aromatic rings. The van der Waals surface area contributed by atoms with Crippen LogP contribution in [0.2, 0.25) is 0 Å². The summed E-state index contributed by atoms with van der Waals surface area (Å²) in [6.45, 7) is 2.30. The third-order valence-corrected chi connectivity index (χ3v) is 3.98. The molecule has 82 valence electrons. The van der Waals surface area contributed by atoms with Gasteiger partial charge in [0, 0.05) is 15.3 Å². The van der Waals surface area contributed by atoms with Gasteiger partial charge in [0.15, 0.2) is 0 Å². The number of nitrogens with one attached hydrogen (secondary N) is 1. The van der Waals surface area contributed by atoms with Crippen LogP contribution in [0.4, 0.5) is 5.69 Å². The van der Waals surface area contributed by atoms with Crippen LogP contribution in [0.15, 0.2) is 24.3 Å². The van der Waals surface area contributed by atoms with Crippen LogP contribution in [-0.4, -0.2) is 6.04 Å². The van der Waals surface area contributed by atoms with Crippen LogP contribution in [0.1, 0.15) is 32.6 Å². The van der Waals surface area contributed by atoms with Gasteiger partial charge in [0.2, 0.25) is 0 Å². The second-order valence-electron chi connectivity index (χ2n) is 4.44. The van der Waals surface area contributed by atoms with Crippen LogP contribution in [0.5, 0.6) is 0 Å². The smallest absolute Gasteiger partial charge is 0.0352 e. The Labute approximate surface area is 106 Å². The highest BCUT2D eigenvalue weighted by Crippen LogP contribution is 2.30. The number of halogens is 1. The second-order valence-corrected chi connectivity index (χ2v) is 5.68. The van der Waals surface area contributed by atoms with Crippen LogP contribution in [0, 0.1) is 9.49 Å². The van der Waals surface area contributed by atoms with E-state index in [4.69, 9.17) is 0 Å². The fraction of sp³-hybridized carbons (Fsp3) is 0.538. The average Bonchev–Trinajstić information content (AvgIpc) is 2.65. The number of hydrogen-bond acceptors (Lipinski definition) is 1. The van der Waals surface area contributed by atoms with Gasteiger partial charge >= 0.3 is 0 Å². The Morgan fingerprint density at radius 3 is 2.93 bits per heavy atom. The van der Waals surface area contributed by atoms with Crippen molar-refractivity contribution >= 4 is 28.3 Å². The fourth-order valence-corrected chi connectivity index (χ4v) is 2.93. The van der Waals surface area contributed by atoms with Gasteiger partial charge in [0.05, 0.1) is 0 Å². The molecule has 2 atom stereocenters. The highest BCUT2D eigenvalue weighted by molar-refractivity contribution is 14.1. The van der Waals surface area contributed by atoms with Gasteiger partial charge in [-0.15, -0.1) is 0 Å². The summed E-state index contributed by atoms with van der Waals surface area (Å²) in [6.07, 6.45) is 5.43. The van der Waals surface area contributed by atoms with Crippen LogP contribution >= 0.6 is 22.6 Å². The Hall–Kier alpha value is -0.250. The number of hydrogen-bond donors (Lipinski definition) is 1. The van der Waals surface area contributed by atoms with Crippen molar-refractivity contribution in [1.82, 2.24) is 0 Å². The van der Waals surface area contributed by atoms with Gasteiger partial charge in [0.1, 0.15) is 0 Å². The van der Waals surface area contributed by atoms with Crippen molar-refractivity contribution < 1.29 is 0 Å². The summed E-state index contributed by atoms with van der Waals surface area (Å²) in [5, 5.41) is 3.64. The quantitative estimate of drug-likeness (QED) is 0.821. The molecular formula is C13H18IN. The monoisotopic (exact) mass is 315 g/mol. The Bertz CT molecular complexity index is 324. The van der Waals surface area contributed by atoms with Crippen LogP contribution in [0.25, 0.3) is 0 Å². The number of anilines is 1. The van der Waals surface area contributed by atoms with Gasteiger partial charge in [-0.3, -0.25) is 0 Å². The molecular weight excluding hydrogens is 297 g/mol. The van der Waals surface area contributed by atoms with Crippen molar-refractivity contribution in [2.45, 2.75) is 38.6 Å². The van der Waals surface area contributed by atoms with E-state index in [-0.39, 0.29) is 0 Å². The Morgan fingerprint density at radius 1 is 1.40 bits per heavy atom. The maximum Gasteiger partial charge on any atom is 0.0352 e. The Morgan fingerprint density at radius 2 is 2.27 bits per heavy atom. The maximum absolute atomic E-state index is 3.64. The lowest BCUT2D eigenvalue weighted by Gasteiger charge is -2.14. The lowest BCUT2D eigenvalue weighted by molar-refractivity contribution is 0.525. The second kappa shape index (κ2) is 5.19. The molecule has 15 heavy (non-hydrogen) atoms. The summed E-state index contributed by atoms with van der Waals surface area (Å²) in [4.78, 5) is 0. The first kappa shape index (κ1) is 11.2. The molecule has 0 heterocycles. The summed E-state index contributed by atoms with van der Waals surface area (Å²) in [5.74, 6) is 0.949. The van der Waals surface area contributed by atoms with E-state index in [1.165, 1.54) is 34.9 Å². The molecule has 2 rings (SSSR count). The normalized spacial score (nSPS) is 25.5. The molecule has 0 bridgehead atoms. The molecule has 1 aliphatic rings. The zero-order valence-electron chi connectivity index (χ0n) is 9.17. The van der Waals surface area contributed by atoms with Gasteiger partial charge in [-0.1, -0.05) is 19.4 Å². The number of benzene rings is 1. The minimum atomic E-state index is 0.702. The molecule has 2 heteroatoms. The van der Waals surface area contributed by atoms with E-state index in [9.17, 15) is 0 Å². The zero-order chi connectivity index (χ0) is 10.7. The van der Waals surface area contributed by atoms with Gasteiger partial charge in [-0.2, -0.15) is 0 Å². The first-order valence-electron chi connectivity index (χ1n) is 5.80. The Balaban J connectivity index is 1.92. The molecule has 1 aromatic carbocycles. The van der Waals surface area contributed by atoms with Gasteiger partial charge < -0.3 is 5.32 Å². The van der Waals surface area contributed by atoms with E-state index in [0.29, 0.717) is 6.04 Å². The van der Waals surface area contributed by atoms with E-state index < -0.39 is 0 Å². The molecule has 0 aromatic heterocycles. The van der Waals surface area contributed by atoms with Crippen molar-refractivity contribution in [3.05, 3.63) is 27.8 Å². The Kier molecular flexibility index (Phi) is 3.89. The van der Waals surface area contributed by atoms with Crippen molar-refractivity contribution in [2.75, 3.05) is 5.32 Å². The average molecular weight is 315 g/mol. The molecule has 0 radical (unpaired) electrons. The minimum absolute atomic E-state index is 0.702. The largest absolute Gasteiger partial charge is 0.382 e. The van der Waals surface area contributed by atoms with Gasteiger partial charge in [-0.25, -0.2) is 0 Å². The number of rotatable bonds is 3. The molecule has 0 saturated heterocycles. The summed E-state index contributed by atoms with van der Waals surface area (Å²) >= 11 is 2.36. The van der Waals surface area contributed by atoms with Crippen LogP contribution in [-0.2, 0) is 0 Å². The summed E-state index contributed by atoms with van der Waals surface area (Å²) in [6, 6.07) is 9.35. The first-order valence-corrected chi connectivity index (χ1v) is 6.88. The van der Waals surface area contributed by atoms with Crippen molar-refractivity contribution in [1.29, 1.82) is 0 Å². The molecule has 1 fully saturated rings. The van der Waals surface area contributed by atoms with E-state index in [0.717, 1.165) is 5.92 Å². The van der Waals surface area contributed by atoms with Crippen LogP contribution < -0.4 is 5.32 Å². The molecule has 1 N–H and O–H groups in total. The zero-order valence-corrected chi connectivity index (χ0v) is 11.3. The third kappa shape index (κ3) is 3.10. The summed E-state index contributed by atoms with van der Waals surface area (Å²) in [5.41, 5.74) is 1.28. The van der Waals surface area contributed by atoms with Crippen molar-refractivity contribution in [3.8, 4) is 0 Å². The van der Waals surface area contributed by atoms with Crippen molar-refractivity contribution in [2.24, 2.45) is 5.92 Å². The highest BCUT2D eigenvalue weighted by Gasteiger charge is 2.22. The van der Waals surface area contributed by atoms with E-state index in [1.807, 2.05) is 0 Å². The first-order chi connectivity index (χ1) is 7.28. The molecule has 1 nitrogen and oxygen atoms in total. The van der Waals surface area contributed by atoms with Gasteiger partial charge in [-0.05, 0) is 66.0 Å². The summed E-state index contributed by atoms with van der Waals surface area (Å²) in [7, 11) is 0. The molecule has 1 saturated carbocycles. The van der Waals surface area contributed by atoms with E-state index in [2.05, 4.69) is 59.1 Å². The molecule has 2 unspecified atom stereocenters. The molecule has 0 amide bonds. The van der Waals surface area contributed by atoms with Crippen LogP contribution in [0.3, 0.4) is 0 Å². The molecule has 1 aliphatic carbocycles. The topological polar surface area (TPSA) is 12.0 Å². The predicted octanol–water partition coefficient (Wildman–Crippen LogP) is 4.28. The minimum Gasteiger partial charge on any atom is -0.382 e. The van der Waals surface area contributed by atoms with E-state index >= 15 is 0 Å².